The minimum atomic E-state index is 0.405. The van der Waals surface area contributed by atoms with E-state index < -0.39 is 0 Å². The number of hydrogen-bond acceptors (Lipinski definition) is 6. The molecule has 0 bridgehead atoms. The van der Waals surface area contributed by atoms with E-state index in [-0.39, 0.29) is 0 Å². The Morgan fingerprint density at radius 1 is 1.19 bits per heavy atom. The van der Waals surface area contributed by atoms with E-state index in [4.69, 9.17) is 14.5 Å². The van der Waals surface area contributed by atoms with Crippen molar-refractivity contribution in [2.75, 3.05) is 16.5 Å². The maximum Gasteiger partial charge on any atom is 0.230 e. The summed E-state index contributed by atoms with van der Waals surface area (Å²) in [7, 11) is 0. The molecule has 1 fully saturated rings. The lowest BCUT2D eigenvalue weighted by Gasteiger charge is -2.37. The van der Waals surface area contributed by atoms with Gasteiger partial charge in [-0.05, 0) is 38.3 Å². The van der Waals surface area contributed by atoms with Crippen LogP contribution in [0.2, 0.25) is 0 Å². The highest BCUT2D eigenvalue weighted by molar-refractivity contribution is 6.15. The third-order valence-corrected chi connectivity index (χ3v) is 6.04. The Labute approximate surface area is 159 Å². The van der Waals surface area contributed by atoms with Crippen molar-refractivity contribution in [3.63, 3.8) is 0 Å². The average Bonchev–Trinajstić information content (AvgIpc) is 3.46. The quantitative estimate of drug-likeness (QED) is 0.803. The van der Waals surface area contributed by atoms with Crippen molar-refractivity contribution in [2.24, 2.45) is 4.99 Å². The first-order chi connectivity index (χ1) is 13.3. The maximum atomic E-state index is 5.60. The Balaban J connectivity index is 1.51. The first-order valence-corrected chi connectivity index (χ1v) is 10.0. The normalized spacial score (nSPS) is 20.4. The van der Waals surface area contributed by atoms with Crippen molar-refractivity contribution in [1.29, 1.82) is 0 Å². The molecule has 2 aliphatic heterocycles. The molecule has 1 atom stereocenters. The van der Waals surface area contributed by atoms with E-state index in [0.717, 1.165) is 36.6 Å². The van der Waals surface area contributed by atoms with Crippen LogP contribution in [0.15, 0.2) is 45.7 Å². The van der Waals surface area contributed by atoms with Crippen molar-refractivity contribution < 1.29 is 4.52 Å². The fraction of sp³-hybridized carbons (Fsp3) is 0.476. The molecule has 1 aliphatic carbocycles. The molecule has 0 radical (unpaired) electrons. The summed E-state index contributed by atoms with van der Waals surface area (Å²) in [5.74, 6) is 1.82. The second kappa shape index (κ2) is 6.51. The van der Waals surface area contributed by atoms with Gasteiger partial charge in [0.05, 0.1) is 17.1 Å². The van der Waals surface area contributed by atoms with Crippen LogP contribution >= 0.6 is 0 Å². The zero-order valence-corrected chi connectivity index (χ0v) is 15.9. The van der Waals surface area contributed by atoms with Gasteiger partial charge in [0.15, 0.2) is 0 Å². The Kier molecular flexibility index (Phi) is 3.99. The van der Waals surface area contributed by atoms with Crippen molar-refractivity contribution in [3.8, 4) is 0 Å². The van der Waals surface area contributed by atoms with Crippen molar-refractivity contribution >= 4 is 17.1 Å². The van der Waals surface area contributed by atoms with E-state index in [1.54, 1.807) is 0 Å². The molecular weight excluding hydrogens is 338 g/mol. The Hall–Kier alpha value is -2.63. The number of anilines is 2. The molecule has 1 unspecified atom stereocenters. The van der Waals surface area contributed by atoms with Gasteiger partial charge < -0.3 is 14.3 Å². The van der Waals surface area contributed by atoms with E-state index in [2.05, 4.69) is 59.3 Å². The van der Waals surface area contributed by atoms with Crippen molar-refractivity contribution in [3.05, 3.63) is 47.9 Å². The first kappa shape index (κ1) is 16.5. The molecule has 27 heavy (non-hydrogen) atoms. The second-order valence-electron chi connectivity index (χ2n) is 7.68. The number of allylic oxidation sites excluding steroid dienone is 1. The van der Waals surface area contributed by atoms with Crippen LogP contribution in [0.1, 0.15) is 63.6 Å². The van der Waals surface area contributed by atoms with Gasteiger partial charge in [-0.25, -0.2) is 0 Å². The highest BCUT2D eigenvalue weighted by Crippen LogP contribution is 2.41. The molecule has 0 amide bonds. The van der Waals surface area contributed by atoms with Crippen LogP contribution < -0.4 is 9.80 Å². The average molecular weight is 363 g/mol. The van der Waals surface area contributed by atoms with E-state index in [9.17, 15) is 0 Å². The molecular formula is C21H25N5O. The summed E-state index contributed by atoms with van der Waals surface area (Å²) in [4.78, 5) is 14.1. The van der Waals surface area contributed by atoms with Crippen LogP contribution in [0, 0.1) is 0 Å². The Morgan fingerprint density at radius 2 is 1.96 bits per heavy atom. The predicted molar refractivity (Wildman–Crippen MR) is 106 cm³/mol. The van der Waals surface area contributed by atoms with Crippen LogP contribution in [-0.4, -0.2) is 28.6 Å². The fourth-order valence-electron chi connectivity index (χ4n) is 4.29. The van der Waals surface area contributed by atoms with Gasteiger partial charge in [-0.1, -0.05) is 37.1 Å². The number of hydrogen-bond donors (Lipinski definition) is 0. The third-order valence-electron chi connectivity index (χ3n) is 6.04. The van der Waals surface area contributed by atoms with Gasteiger partial charge in [0.2, 0.25) is 11.7 Å². The van der Waals surface area contributed by atoms with Crippen LogP contribution in [0.25, 0.3) is 0 Å². The second-order valence-corrected chi connectivity index (χ2v) is 7.68. The molecule has 1 saturated carbocycles. The number of para-hydroxylation sites is 2. The third kappa shape index (κ3) is 2.66. The van der Waals surface area contributed by atoms with Crippen molar-refractivity contribution in [1.82, 2.24) is 10.1 Å². The summed E-state index contributed by atoms with van der Waals surface area (Å²) in [5, 5.41) is 4.28. The molecule has 2 aromatic rings. The minimum absolute atomic E-state index is 0.405. The number of rotatable bonds is 4. The Morgan fingerprint density at radius 3 is 2.74 bits per heavy atom. The van der Waals surface area contributed by atoms with E-state index in [1.165, 1.54) is 24.2 Å². The van der Waals surface area contributed by atoms with E-state index in [0.29, 0.717) is 24.5 Å². The zero-order valence-electron chi connectivity index (χ0n) is 15.9. The summed E-state index contributed by atoms with van der Waals surface area (Å²) in [6.07, 6.45) is 8.08. The molecule has 1 aromatic heterocycles. The van der Waals surface area contributed by atoms with Gasteiger partial charge in [0.25, 0.3) is 0 Å². The standard InChI is InChI=1S/C21H25N5O/c1-3-14(2)25-12-18-19(20-23-21(27-24-20)15-8-4-5-9-15)22-13-26(18)17-11-7-6-10-16(17)25/h6-7,10-12,14-15H,3-5,8-9,13H2,1-2H3. The summed E-state index contributed by atoms with van der Waals surface area (Å²) >= 11 is 0. The lowest BCUT2D eigenvalue weighted by Crippen LogP contribution is -2.36. The molecule has 3 aliphatic rings. The molecule has 6 nitrogen and oxygen atoms in total. The van der Waals surface area contributed by atoms with Gasteiger partial charge in [-0.2, -0.15) is 4.98 Å². The number of fused-ring (bicyclic) bond motifs is 3. The first-order valence-electron chi connectivity index (χ1n) is 10.0. The Bertz CT molecular complexity index is 909. The van der Waals surface area contributed by atoms with Gasteiger partial charge in [-0.15, -0.1) is 0 Å². The highest BCUT2D eigenvalue weighted by atomic mass is 16.5. The van der Waals surface area contributed by atoms with Gasteiger partial charge >= 0.3 is 0 Å². The molecule has 0 N–H and O–H groups in total. The number of aromatic nitrogens is 2. The van der Waals surface area contributed by atoms with Crippen molar-refractivity contribution in [2.45, 2.75) is 57.9 Å². The lowest BCUT2D eigenvalue weighted by atomic mass is 10.1. The van der Waals surface area contributed by atoms with Crippen LogP contribution in [0.3, 0.4) is 0 Å². The van der Waals surface area contributed by atoms with Gasteiger partial charge in [-0.3, -0.25) is 4.99 Å². The molecule has 1 aromatic carbocycles. The minimum Gasteiger partial charge on any atom is -0.341 e. The van der Waals surface area contributed by atoms with Crippen LogP contribution in [0.5, 0.6) is 0 Å². The molecule has 5 rings (SSSR count). The molecule has 0 spiro atoms. The van der Waals surface area contributed by atoms with Gasteiger partial charge in [0.1, 0.15) is 12.4 Å². The zero-order chi connectivity index (χ0) is 18.4. The van der Waals surface area contributed by atoms with E-state index in [1.807, 2.05) is 0 Å². The topological polar surface area (TPSA) is 57.8 Å². The molecule has 140 valence electrons. The van der Waals surface area contributed by atoms with E-state index >= 15 is 0 Å². The fourth-order valence-corrected chi connectivity index (χ4v) is 4.29. The summed E-state index contributed by atoms with van der Waals surface area (Å²) < 4.78 is 5.60. The number of benzene rings is 1. The largest absolute Gasteiger partial charge is 0.341 e. The lowest BCUT2D eigenvalue weighted by molar-refractivity contribution is 0.353. The number of nitrogens with zero attached hydrogens (tertiary/aromatic N) is 5. The SMILES string of the molecule is CCC(C)N1C=C2C(c3noc(C4CCCC4)n3)=NCN2c2ccccc21. The monoisotopic (exact) mass is 363 g/mol. The molecule has 3 heterocycles. The van der Waals surface area contributed by atoms with Crippen LogP contribution in [0.4, 0.5) is 11.4 Å². The predicted octanol–water partition coefficient (Wildman–Crippen LogP) is 4.45. The smallest absolute Gasteiger partial charge is 0.230 e. The summed E-state index contributed by atoms with van der Waals surface area (Å²) in [5.41, 5.74) is 4.32. The summed E-state index contributed by atoms with van der Waals surface area (Å²) in [6.45, 7) is 5.07. The number of aliphatic imine (C=N–C) groups is 1. The van der Waals surface area contributed by atoms with Crippen LogP contribution in [-0.2, 0) is 0 Å². The van der Waals surface area contributed by atoms with Gasteiger partial charge in [0, 0.05) is 18.2 Å². The summed E-state index contributed by atoms with van der Waals surface area (Å²) in [6, 6.07) is 8.93. The molecule has 6 heteroatoms. The maximum absolute atomic E-state index is 5.60. The highest BCUT2D eigenvalue weighted by Gasteiger charge is 2.35. The molecule has 0 saturated heterocycles.